The minimum Gasteiger partial charge on any atom is -0.374 e. The van der Waals surface area contributed by atoms with Gasteiger partial charge in [0.05, 0.1) is 0 Å². The number of para-hydroxylation sites is 1. The summed E-state index contributed by atoms with van der Waals surface area (Å²) in [4.78, 5) is 14.4. The fourth-order valence-corrected chi connectivity index (χ4v) is 2.69. The highest BCUT2D eigenvalue weighted by Gasteiger charge is 2.24. The van der Waals surface area contributed by atoms with Crippen LogP contribution < -0.4 is 5.32 Å². The van der Waals surface area contributed by atoms with Crippen LogP contribution >= 0.6 is 0 Å². The molecule has 1 aliphatic rings. The number of nitrogens with zero attached hydrogens (tertiary/aromatic N) is 1. The van der Waals surface area contributed by atoms with Crippen molar-refractivity contribution in [2.24, 2.45) is 5.92 Å². The van der Waals surface area contributed by atoms with Gasteiger partial charge < -0.3 is 10.2 Å². The Labute approximate surface area is 116 Å². The fraction of sp³-hybridized carbons (Fsp3) is 0.562. The maximum absolute atomic E-state index is 12.4. The Morgan fingerprint density at radius 3 is 2.84 bits per heavy atom. The number of rotatable bonds is 3. The van der Waals surface area contributed by atoms with Gasteiger partial charge in [-0.1, -0.05) is 25.1 Å². The van der Waals surface area contributed by atoms with Crippen molar-refractivity contribution in [3.05, 3.63) is 29.8 Å². The number of anilines is 1. The van der Waals surface area contributed by atoms with Crippen LogP contribution in [0.15, 0.2) is 24.3 Å². The second kappa shape index (κ2) is 6.09. The van der Waals surface area contributed by atoms with Crippen molar-refractivity contribution in [2.45, 2.75) is 39.7 Å². The Hall–Kier alpha value is -1.51. The Morgan fingerprint density at radius 2 is 2.16 bits per heavy atom. The zero-order valence-electron chi connectivity index (χ0n) is 12.1. The molecule has 1 aliphatic heterocycles. The Morgan fingerprint density at radius 1 is 1.42 bits per heavy atom. The maximum Gasteiger partial charge on any atom is 0.244 e. The average Bonchev–Trinajstić information content (AvgIpc) is 2.40. The van der Waals surface area contributed by atoms with Crippen LogP contribution in [0.1, 0.15) is 32.3 Å². The second-order valence-electron chi connectivity index (χ2n) is 5.71. The van der Waals surface area contributed by atoms with Crippen LogP contribution in [0.25, 0.3) is 0 Å². The molecular formula is C16H24N2O. The van der Waals surface area contributed by atoms with Gasteiger partial charge in [-0.25, -0.2) is 0 Å². The molecule has 2 atom stereocenters. The lowest BCUT2D eigenvalue weighted by molar-refractivity contribution is -0.133. The molecule has 0 aliphatic carbocycles. The lowest BCUT2D eigenvalue weighted by atomic mass is 10.00. The van der Waals surface area contributed by atoms with E-state index >= 15 is 0 Å². The van der Waals surface area contributed by atoms with Crippen molar-refractivity contribution < 1.29 is 4.79 Å². The molecule has 1 aromatic rings. The molecule has 0 aromatic heterocycles. The molecule has 1 aromatic carbocycles. The van der Waals surface area contributed by atoms with Crippen LogP contribution in [-0.2, 0) is 4.79 Å². The molecule has 2 unspecified atom stereocenters. The Kier molecular flexibility index (Phi) is 4.46. The minimum absolute atomic E-state index is 0.161. The first kappa shape index (κ1) is 13.9. The topological polar surface area (TPSA) is 32.3 Å². The van der Waals surface area contributed by atoms with E-state index in [9.17, 15) is 4.79 Å². The van der Waals surface area contributed by atoms with Crippen LogP contribution in [0.4, 0.5) is 5.69 Å². The molecular weight excluding hydrogens is 236 g/mol. The minimum atomic E-state index is -0.161. The van der Waals surface area contributed by atoms with Crippen LogP contribution in [-0.4, -0.2) is 29.9 Å². The van der Waals surface area contributed by atoms with E-state index in [1.165, 1.54) is 12.0 Å². The summed E-state index contributed by atoms with van der Waals surface area (Å²) in [6, 6.07) is 7.93. The molecule has 1 heterocycles. The number of aryl methyl sites for hydroxylation is 1. The molecule has 2 rings (SSSR count). The third kappa shape index (κ3) is 3.49. The first-order valence-corrected chi connectivity index (χ1v) is 7.19. The third-order valence-corrected chi connectivity index (χ3v) is 3.86. The SMILES string of the molecule is Cc1ccccc1NC(C)C(=O)N1CCCC(C)C1. The summed E-state index contributed by atoms with van der Waals surface area (Å²) in [6.45, 7) is 8.04. The van der Waals surface area contributed by atoms with Gasteiger partial charge in [0.15, 0.2) is 0 Å². The van der Waals surface area contributed by atoms with Crippen molar-refractivity contribution in [1.29, 1.82) is 0 Å². The predicted molar refractivity (Wildman–Crippen MR) is 79.2 cm³/mol. The van der Waals surface area contributed by atoms with Crippen LogP contribution in [0.2, 0.25) is 0 Å². The van der Waals surface area contributed by atoms with E-state index in [0.29, 0.717) is 5.92 Å². The van der Waals surface area contributed by atoms with Gasteiger partial charge in [0.2, 0.25) is 5.91 Å². The molecule has 3 nitrogen and oxygen atoms in total. The van der Waals surface area contributed by atoms with E-state index in [1.807, 2.05) is 30.0 Å². The van der Waals surface area contributed by atoms with E-state index in [1.54, 1.807) is 0 Å². The molecule has 3 heteroatoms. The van der Waals surface area contributed by atoms with Gasteiger partial charge in [-0.05, 0) is 44.2 Å². The largest absolute Gasteiger partial charge is 0.374 e. The Balaban J connectivity index is 1.97. The monoisotopic (exact) mass is 260 g/mol. The zero-order valence-corrected chi connectivity index (χ0v) is 12.1. The molecule has 0 saturated carbocycles. The van der Waals surface area contributed by atoms with E-state index in [0.717, 1.165) is 25.2 Å². The van der Waals surface area contributed by atoms with Gasteiger partial charge in [-0.3, -0.25) is 4.79 Å². The van der Waals surface area contributed by atoms with E-state index in [-0.39, 0.29) is 11.9 Å². The maximum atomic E-state index is 12.4. The summed E-state index contributed by atoms with van der Waals surface area (Å²) in [5.74, 6) is 0.846. The highest BCUT2D eigenvalue weighted by atomic mass is 16.2. The van der Waals surface area contributed by atoms with Crippen LogP contribution in [0, 0.1) is 12.8 Å². The molecule has 0 radical (unpaired) electrons. The van der Waals surface area contributed by atoms with Crippen molar-refractivity contribution in [3.8, 4) is 0 Å². The predicted octanol–water partition coefficient (Wildman–Crippen LogP) is 3.05. The highest BCUT2D eigenvalue weighted by molar-refractivity contribution is 5.84. The van der Waals surface area contributed by atoms with E-state index in [4.69, 9.17) is 0 Å². The van der Waals surface area contributed by atoms with Gasteiger partial charge in [-0.15, -0.1) is 0 Å². The molecule has 104 valence electrons. The lowest BCUT2D eigenvalue weighted by Crippen LogP contribution is -2.46. The first-order valence-electron chi connectivity index (χ1n) is 7.19. The molecule has 1 saturated heterocycles. The van der Waals surface area contributed by atoms with Crippen LogP contribution in [0.5, 0.6) is 0 Å². The summed E-state index contributed by atoms with van der Waals surface area (Å²) < 4.78 is 0. The quantitative estimate of drug-likeness (QED) is 0.906. The number of nitrogens with one attached hydrogen (secondary N) is 1. The molecule has 0 bridgehead atoms. The summed E-state index contributed by atoms with van der Waals surface area (Å²) in [5.41, 5.74) is 2.22. The number of likely N-dealkylation sites (tertiary alicyclic amines) is 1. The summed E-state index contributed by atoms with van der Waals surface area (Å²) in [7, 11) is 0. The molecule has 1 N–H and O–H groups in total. The molecule has 1 fully saturated rings. The van der Waals surface area contributed by atoms with Gasteiger partial charge in [0.1, 0.15) is 6.04 Å². The van der Waals surface area contributed by atoms with Crippen molar-refractivity contribution in [2.75, 3.05) is 18.4 Å². The van der Waals surface area contributed by atoms with Gasteiger partial charge in [0, 0.05) is 18.8 Å². The molecule has 1 amide bonds. The fourth-order valence-electron chi connectivity index (χ4n) is 2.69. The summed E-state index contributed by atoms with van der Waals surface area (Å²) >= 11 is 0. The third-order valence-electron chi connectivity index (χ3n) is 3.86. The van der Waals surface area contributed by atoms with Gasteiger partial charge in [-0.2, -0.15) is 0 Å². The standard InChI is InChI=1S/C16H24N2O/c1-12-7-6-10-18(11-12)16(19)14(3)17-15-9-5-4-8-13(15)2/h4-5,8-9,12,14,17H,6-7,10-11H2,1-3H3. The number of carbonyl (C=O) groups excluding carboxylic acids is 1. The molecule has 0 spiro atoms. The summed E-state index contributed by atoms with van der Waals surface area (Å²) in [5, 5.41) is 3.33. The number of hydrogen-bond acceptors (Lipinski definition) is 2. The molecule has 19 heavy (non-hydrogen) atoms. The van der Waals surface area contributed by atoms with E-state index < -0.39 is 0 Å². The van der Waals surface area contributed by atoms with Crippen molar-refractivity contribution in [1.82, 2.24) is 4.90 Å². The number of carbonyl (C=O) groups is 1. The second-order valence-corrected chi connectivity index (χ2v) is 5.71. The summed E-state index contributed by atoms with van der Waals surface area (Å²) in [6.07, 6.45) is 2.37. The number of benzene rings is 1. The first-order chi connectivity index (χ1) is 9.08. The van der Waals surface area contributed by atoms with Gasteiger partial charge >= 0.3 is 0 Å². The normalized spacial score (nSPS) is 21.0. The van der Waals surface area contributed by atoms with Crippen molar-refractivity contribution >= 4 is 11.6 Å². The van der Waals surface area contributed by atoms with Crippen LogP contribution in [0.3, 0.4) is 0 Å². The highest BCUT2D eigenvalue weighted by Crippen LogP contribution is 2.18. The average molecular weight is 260 g/mol. The smallest absolute Gasteiger partial charge is 0.244 e. The number of amides is 1. The lowest BCUT2D eigenvalue weighted by Gasteiger charge is -2.33. The van der Waals surface area contributed by atoms with Crippen molar-refractivity contribution in [3.63, 3.8) is 0 Å². The van der Waals surface area contributed by atoms with Gasteiger partial charge in [0.25, 0.3) is 0 Å². The van der Waals surface area contributed by atoms with E-state index in [2.05, 4.69) is 25.2 Å². The number of piperidine rings is 1. The Bertz CT molecular complexity index is 444. The zero-order chi connectivity index (χ0) is 13.8. The number of hydrogen-bond donors (Lipinski definition) is 1.